The van der Waals surface area contributed by atoms with E-state index in [1.54, 1.807) is 0 Å². The maximum atomic E-state index is 12.6. The molecule has 2 aliphatic rings. The molecule has 162 valence electrons. The van der Waals surface area contributed by atoms with Crippen molar-refractivity contribution >= 4 is 41.5 Å². The molecule has 0 radical (unpaired) electrons. The lowest BCUT2D eigenvalue weighted by molar-refractivity contribution is -0.117. The molecule has 1 saturated heterocycles. The summed E-state index contributed by atoms with van der Waals surface area (Å²) in [4.78, 5) is 21.6. The Labute approximate surface area is 192 Å². The Balaban J connectivity index is 0.00000300. The molecule has 1 fully saturated rings. The Morgan fingerprint density at radius 1 is 1.07 bits per heavy atom. The van der Waals surface area contributed by atoms with Gasteiger partial charge in [-0.1, -0.05) is 31.0 Å². The van der Waals surface area contributed by atoms with Crippen LogP contribution in [0, 0.1) is 0 Å². The average molecular weight is 513 g/mol. The second-order valence-electron chi connectivity index (χ2n) is 7.66. The van der Waals surface area contributed by atoms with Gasteiger partial charge in [0.2, 0.25) is 5.91 Å². The van der Waals surface area contributed by atoms with Crippen molar-refractivity contribution in [3.63, 3.8) is 0 Å². The van der Waals surface area contributed by atoms with Crippen molar-refractivity contribution in [2.45, 2.75) is 45.4 Å². The van der Waals surface area contributed by atoms with Gasteiger partial charge >= 0.3 is 0 Å². The second kappa shape index (κ2) is 13.1. The fourth-order valence-corrected chi connectivity index (χ4v) is 4.04. The van der Waals surface area contributed by atoms with Crippen LogP contribution in [-0.4, -0.2) is 62.6 Å². The van der Waals surface area contributed by atoms with Crippen molar-refractivity contribution in [3.05, 3.63) is 29.8 Å². The van der Waals surface area contributed by atoms with Crippen molar-refractivity contribution < 1.29 is 4.79 Å². The maximum Gasteiger partial charge on any atom is 0.248 e. The number of nitrogens with one attached hydrogen (secondary N) is 2. The van der Waals surface area contributed by atoms with Gasteiger partial charge in [0.15, 0.2) is 5.96 Å². The Kier molecular flexibility index (Phi) is 10.8. The Morgan fingerprint density at radius 3 is 2.59 bits per heavy atom. The van der Waals surface area contributed by atoms with Crippen molar-refractivity contribution in [2.75, 3.05) is 50.7 Å². The molecule has 1 aromatic carbocycles. The highest BCUT2D eigenvalue weighted by atomic mass is 127. The fourth-order valence-electron chi connectivity index (χ4n) is 4.04. The molecule has 0 saturated carbocycles. The van der Waals surface area contributed by atoms with E-state index < -0.39 is 0 Å². The number of hydrogen-bond donors (Lipinski definition) is 2. The van der Waals surface area contributed by atoms with Crippen LogP contribution in [-0.2, 0) is 11.2 Å². The third-order valence-corrected chi connectivity index (χ3v) is 5.55. The molecule has 29 heavy (non-hydrogen) atoms. The standard InChI is InChI=1S/C22H35N5O.HI/c1-2-23-22(24-13-9-16-26-14-7-3-4-8-15-26)25-18-21(28)27-17-12-19-10-5-6-11-20(19)27;/h5-6,10-11H,2-4,7-9,12-18H2,1H3,(H2,23,24,25);1H. The van der Waals surface area contributed by atoms with Crippen LogP contribution < -0.4 is 15.5 Å². The summed E-state index contributed by atoms with van der Waals surface area (Å²) in [7, 11) is 0. The minimum Gasteiger partial charge on any atom is -0.357 e. The number of hydrogen-bond acceptors (Lipinski definition) is 3. The lowest BCUT2D eigenvalue weighted by Gasteiger charge is -2.20. The van der Waals surface area contributed by atoms with E-state index in [-0.39, 0.29) is 36.4 Å². The molecule has 0 spiro atoms. The normalized spacial score (nSPS) is 17.3. The number of amides is 1. The largest absolute Gasteiger partial charge is 0.357 e. The van der Waals surface area contributed by atoms with Crippen molar-refractivity contribution in [3.8, 4) is 0 Å². The molecule has 0 aliphatic carbocycles. The zero-order valence-electron chi connectivity index (χ0n) is 17.7. The Bertz CT molecular complexity index is 658. The smallest absolute Gasteiger partial charge is 0.248 e. The summed E-state index contributed by atoms with van der Waals surface area (Å²) in [5.74, 6) is 0.797. The van der Waals surface area contributed by atoms with Gasteiger partial charge in [0.05, 0.1) is 0 Å². The number of para-hydroxylation sites is 1. The van der Waals surface area contributed by atoms with Crippen LogP contribution in [0.5, 0.6) is 0 Å². The molecule has 6 nitrogen and oxygen atoms in total. The topological polar surface area (TPSA) is 60.0 Å². The first kappa shape index (κ1) is 23.9. The van der Waals surface area contributed by atoms with E-state index in [1.807, 2.05) is 30.0 Å². The zero-order chi connectivity index (χ0) is 19.6. The third kappa shape index (κ3) is 7.44. The lowest BCUT2D eigenvalue weighted by atomic mass is 10.2. The van der Waals surface area contributed by atoms with Gasteiger partial charge < -0.3 is 20.4 Å². The van der Waals surface area contributed by atoms with Gasteiger partial charge in [0.25, 0.3) is 0 Å². The third-order valence-electron chi connectivity index (χ3n) is 5.55. The van der Waals surface area contributed by atoms with Crippen LogP contribution in [0.3, 0.4) is 0 Å². The number of benzene rings is 1. The van der Waals surface area contributed by atoms with E-state index >= 15 is 0 Å². The summed E-state index contributed by atoms with van der Waals surface area (Å²) in [6, 6.07) is 8.14. The van der Waals surface area contributed by atoms with Gasteiger partial charge in [-0.15, -0.1) is 24.0 Å². The predicted octanol–water partition coefficient (Wildman–Crippen LogP) is 3.01. The van der Waals surface area contributed by atoms with Crippen LogP contribution in [0.4, 0.5) is 5.69 Å². The molecule has 0 atom stereocenters. The highest BCUT2D eigenvalue weighted by Gasteiger charge is 2.23. The van der Waals surface area contributed by atoms with Gasteiger partial charge in [0, 0.05) is 25.3 Å². The number of guanidine groups is 1. The molecule has 0 aromatic heterocycles. The van der Waals surface area contributed by atoms with E-state index in [0.29, 0.717) is 0 Å². The van der Waals surface area contributed by atoms with E-state index in [2.05, 4.69) is 26.6 Å². The first-order valence-corrected chi connectivity index (χ1v) is 10.9. The van der Waals surface area contributed by atoms with Crippen LogP contribution >= 0.6 is 24.0 Å². The number of aliphatic imine (C=N–C) groups is 1. The van der Waals surface area contributed by atoms with Gasteiger partial charge in [0.1, 0.15) is 6.54 Å². The molecule has 1 aromatic rings. The monoisotopic (exact) mass is 513 g/mol. The Morgan fingerprint density at radius 2 is 1.83 bits per heavy atom. The summed E-state index contributed by atoms with van der Waals surface area (Å²) >= 11 is 0. The van der Waals surface area contributed by atoms with Crippen molar-refractivity contribution in [1.29, 1.82) is 0 Å². The minimum absolute atomic E-state index is 0. The highest BCUT2D eigenvalue weighted by Crippen LogP contribution is 2.27. The summed E-state index contributed by atoms with van der Waals surface area (Å²) in [6.07, 6.45) is 7.44. The van der Waals surface area contributed by atoms with Gasteiger partial charge in [-0.2, -0.15) is 0 Å². The molecular weight excluding hydrogens is 477 g/mol. The quantitative estimate of drug-likeness (QED) is 0.255. The zero-order valence-corrected chi connectivity index (χ0v) is 20.0. The summed E-state index contributed by atoms with van der Waals surface area (Å²) < 4.78 is 0. The van der Waals surface area contributed by atoms with Gasteiger partial charge in [-0.3, -0.25) is 4.79 Å². The average Bonchev–Trinajstić information content (AvgIpc) is 2.97. The summed E-state index contributed by atoms with van der Waals surface area (Å²) in [6.45, 7) is 8.26. The molecule has 3 rings (SSSR count). The van der Waals surface area contributed by atoms with E-state index in [9.17, 15) is 4.79 Å². The molecular formula is C22H36IN5O. The van der Waals surface area contributed by atoms with Crippen LogP contribution in [0.25, 0.3) is 0 Å². The maximum absolute atomic E-state index is 12.6. The number of carbonyl (C=O) groups excluding carboxylic acids is 1. The van der Waals surface area contributed by atoms with Crippen LogP contribution in [0.2, 0.25) is 0 Å². The number of nitrogens with zero attached hydrogens (tertiary/aromatic N) is 3. The SMILES string of the molecule is CCNC(=NCC(=O)N1CCc2ccccc21)NCCCN1CCCCCC1.I. The minimum atomic E-state index is 0. The second-order valence-corrected chi connectivity index (χ2v) is 7.66. The highest BCUT2D eigenvalue weighted by molar-refractivity contribution is 14.0. The predicted molar refractivity (Wildman–Crippen MR) is 131 cm³/mol. The number of halogens is 1. The van der Waals surface area contributed by atoms with E-state index in [4.69, 9.17) is 0 Å². The molecule has 2 N–H and O–H groups in total. The Hall–Kier alpha value is -1.35. The summed E-state index contributed by atoms with van der Waals surface area (Å²) in [5.41, 5.74) is 2.29. The number of fused-ring (bicyclic) bond motifs is 1. The number of rotatable bonds is 7. The fraction of sp³-hybridized carbons (Fsp3) is 0.636. The van der Waals surface area contributed by atoms with Gasteiger partial charge in [-0.05, 0) is 63.9 Å². The summed E-state index contributed by atoms with van der Waals surface area (Å²) in [5, 5.41) is 6.63. The first-order valence-electron chi connectivity index (χ1n) is 10.9. The van der Waals surface area contributed by atoms with Crippen molar-refractivity contribution in [1.82, 2.24) is 15.5 Å². The van der Waals surface area contributed by atoms with E-state index in [0.717, 1.165) is 50.7 Å². The lowest BCUT2D eigenvalue weighted by Crippen LogP contribution is -2.40. The first-order chi connectivity index (χ1) is 13.8. The number of likely N-dealkylation sites (tertiary alicyclic amines) is 1. The number of anilines is 1. The molecule has 1 amide bonds. The number of carbonyl (C=O) groups is 1. The van der Waals surface area contributed by atoms with Crippen LogP contribution in [0.15, 0.2) is 29.3 Å². The van der Waals surface area contributed by atoms with Gasteiger partial charge in [-0.25, -0.2) is 4.99 Å². The molecule has 2 heterocycles. The van der Waals surface area contributed by atoms with E-state index in [1.165, 1.54) is 44.3 Å². The molecule has 2 aliphatic heterocycles. The molecule has 0 unspecified atom stereocenters. The van der Waals surface area contributed by atoms with Crippen LogP contribution in [0.1, 0.15) is 44.6 Å². The molecule has 0 bridgehead atoms. The molecule has 7 heteroatoms. The van der Waals surface area contributed by atoms with Crippen molar-refractivity contribution in [2.24, 2.45) is 4.99 Å².